The van der Waals surface area contributed by atoms with E-state index in [1.165, 1.54) is 13.8 Å². The molecule has 0 spiro atoms. The average Bonchev–Trinajstić information content (AvgIpc) is 1.97. The first-order valence-corrected chi connectivity index (χ1v) is 4.48. The molecule has 0 aromatic carbocycles. The predicted octanol–water partition coefficient (Wildman–Crippen LogP) is 1.48. The topological polar surface area (TPSA) is 63.6 Å². The summed E-state index contributed by atoms with van der Waals surface area (Å²) in [5.74, 6) is -1.04. The summed E-state index contributed by atoms with van der Waals surface area (Å²) in [7, 11) is 0. The monoisotopic (exact) mass is 202 g/mol. The minimum absolute atomic E-state index is 0.529. The SMILES string of the molecule is CC(C)(C)OC(C=O)C(C)(C)C(=O)O. The Hall–Kier alpha value is -0.900. The van der Waals surface area contributed by atoms with Crippen molar-refractivity contribution >= 4 is 12.3 Å². The summed E-state index contributed by atoms with van der Waals surface area (Å²) in [5, 5.41) is 8.90. The van der Waals surface area contributed by atoms with Crippen molar-refractivity contribution in [3.63, 3.8) is 0 Å². The van der Waals surface area contributed by atoms with Gasteiger partial charge in [-0.3, -0.25) is 4.79 Å². The Balaban J connectivity index is 4.73. The average molecular weight is 202 g/mol. The van der Waals surface area contributed by atoms with Crippen LogP contribution in [0.2, 0.25) is 0 Å². The molecule has 4 heteroatoms. The van der Waals surface area contributed by atoms with Crippen LogP contribution in [0.25, 0.3) is 0 Å². The third-order valence-corrected chi connectivity index (χ3v) is 1.87. The number of aliphatic carboxylic acids is 1. The van der Waals surface area contributed by atoms with E-state index in [2.05, 4.69) is 0 Å². The van der Waals surface area contributed by atoms with Crippen molar-refractivity contribution in [2.24, 2.45) is 5.41 Å². The first kappa shape index (κ1) is 13.1. The van der Waals surface area contributed by atoms with E-state index in [-0.39, 0.29) is 0 Å². The summed E-state index contributed by atoms with van der Waals surface area (Å²) in [6.45, 7) is 8.28. The van der Waals surface area contributed by atoms with Gasteiger partial charge in [0.05, 0.1) is 11.0 Å². The highest BCUT2D eigenvalue weighted by Gasteiger charge is 2.39. The van der Waals surface area contributed by atoms with Gasteiger partial charge in [0.2, 0.25) is 0 Å². The molecule has 0 amide bonds. The van der Waals surface area contributed by atoms with Crippen LogP contribution in [-0.4, -0.2) is 29.1 Å². The Kier molecular flexibility index (Phi) is 3.82. The number of carbonyl (C=O) groups excluding carboxylic acids is 1. The molecule has 0 heterocycles. The lowest BCUT2D eigenvalue weighted by Crippen LogP contribution is -2.44. The minimum Gasteiger partial charge on any atom is -0.481 e. The molecule has 0 aromatic rings. The molecule has 0 fully saturated rings. The third-order valence-electron chi connectivity index (χ3n) is 1.87. The zero-order chi connectivity index (χ0) is 11.6. The molecule has 82 valence electrons. The molecule has 1 unspecified atom stereocenters. The Bertz CT molecular complexity index is 225. The molecule has 0 aliphatic carbocycles. The van der Waals surface area contributed by atoms with E-state index in [4.69, 9.17) is 9.84 Å². The highest BCUT2D eigenvalue weighted by molar-refractivity contribution is 5.79. The van der Waals surface area contributed by atoms with Crippen LogP contribution in [0.4, 0.5) is 0 Å². The van der Waals surface area contributed by atoms with Crippen molar-refractivity contribution in [1.29, 1.82) is 0 Å². The first-order valence-electron chi connectivity index (χ1n) is 4.48. The van der Waals surface area contributed by atoms with Crippen LogP contribution < -0.4 is 0 Å². The Morgan fingerprint density at radius 2 is 1.71 bits per heavy atom. The number of aldehydes is 1. The first-order chi connectivity index (χ1) is 6.11. The van der Waals surface area contributed by atoms with Gasteiger partial charge in [-0.1, -0.05) is 0 Å². The summed E-state index contributed by atoms with van der Waals surface area (Å²) in [6, 6.07) is 0. The maximum atomic E-state index is 10.9. The third kappa shape index (κ3) is 3.46. The number of carbonyl (C=O) groups is 2. The number of carboxylic acids is 1. The van der Waals surface area contributed by atoms with Crippen molar-refractivity contribution in [2.75, 3.05) is 0 Å². The fourth-order valence-corrected chi connectivity index (χ4v) is 0.848. The summed E-state index contributed by atoms with van der Waals surface area (Å²) in [4.78, 5) is 21.6. The molecule has 4 nitrogen and oxygen atoms in total. The van der Waals surface area contributed by atoms with E-state index in [1.54, 1.807) is 20.8 Å². The molecule has 0 saturated carbocycles. The Morgan fingerprint density at radius 1 is 1.29 bits per heavy atom. The van der Waals surface area contributed by atoms with E-state index in [9.17, 15) is 9.59 Å². The van der Waals surface area contributed by atoms with Gasteiger partial charge in [0.15, 0.2) is 0 Å². The highest BCUT2D eigenvalue weighted by Crippen LogP contribution is 2.26. The van der Waals surface area contributed by atoms with Gasteiger partial charge >= 0.3 is 5.97 Å². The van der Waals surface area contributed by atoms with Crippen molar-refractivity contribution in [3.8, 4) is 0 Å². The molecule has 0 bridgehead atoms. The second kappa shape index (κ2) is 4.09. The highest BCUT2D eigenvalue weighted by atomic mass is 16.5. The van der Waals surface area contributed by atoms with E-state index >= 15 is 0 Å². The fourth-order valence-electron chi connectivity index (χ4n) is 0.848. The quantitative estimate of drug-likeness (QED) is 0.701. The van der Waals surface area contributed by atoms with E-state index in [1.807, 2.05) is 0 Å². The molecule has 0 radical (unpaired) electrons. The fraction of sp³-hybridized carbons (Fsp3) is 0.800. The number of hydrogen-bond acceptors (Lipinski definition) is 3. The molecule has 0 aliphatic heterocycles. The maximum absolute atomic E-state index is 10.9. The van der Waals surface area contributed by atoms with Crippen LogP contribution in [0.15, 0.2) is 0 Å². The summed E-state index contributed by atoms with van der Waals surface area (Å²) >= 11 is 0. The molecular formula is C10H18O4. The van der Waals surface area contributed by atoms with Gasteiger partial charge in [0.25, 0.3) is 0 Å². The van der Waals surface area contributed by atoms with Gasteiger partial charge in [-0.05, 0) is 34.6 Å². The van der Waals surface area contributed by atoms with Gasteiger partial charge in [-0.25, -0.2) is 0 Å². The number of rotatable bonds is 4. The van der Waals surface area contributed by atoms with Gasteiger partial charge < -0.3 is 14.6 Å². The summed E-state index contributed by atoms with van der Waals surface area (Å²) < 4.78 is 5.36. The van der Waals surface area contributed by atoms with E-state index in [0.29, 0.717) is 6.29 Å². The summed E-state index contributed by atoms with van der Waals surface area (Å²) in [6.07, 6.45) is -0.390. The maximum Gasteiger partial charge on any atom is 0.312 e. The Morgan fingerprint density at radius 3 is 1.93 bits per heavy atom. The van der Waals surface area contributed by atoms with Crippen LogP contribution in [0, 0.1) is 5.41 Å². The van der Waals surface area contributed by atoms with Gasteiger partial charge in [0.1, 0.15) is 12.4 Å². The molecular weight excluding hydrogens is 184 g/mol. The Labute approximate surface area is 84.3 Å². The smallest absolute Gasteiger partial charge is 0.312 e. The van der Waals surface area contributed by atoms with Crippen LogP contribution in [0.3, 0.4) is 0 Å². The molecule has 1 atom stereocenters. The molecule has 14 heavy (non-hydrogen) atoms. The second-order valence-corrected chi connectivity index (χ2v) is 4.81. The zero-order valence-electron chi connectivity index (χ0n) is 9.33. The number of ether oxygens (including phenoxy) is 1. The van der Waals surface area contributed by atoms with Crippen molar-refractivity contribution in [3.05, 3.63) is 0 Å². The van der Waals surface area contributed by atoms with E-state index in [0.717, 1.165) is 0 Å². The van der Waals surface area contributed by atoms with Crippen molar-refractivity contribution in [2.45, 2.75) is 46.3 Å². The lowest BCUT2D eigenvalue weighted by Gasteiger charge is -2.32. The predicted molar refractivity (Wildman–Crippen MR) is 52.1 cm³/mol. The van der Waals surface area contributed by atoms with Crippen molar-refractivity contribution < 1.29 is 19.4 Å². The minimum atomic E-state index is -1.20. The molecule has 0 saturated heterocycles. The standard InChI is InChI=1S/C10H18O4/c1-9(2,3)14-7(6-11)10(4,5)8(12)13/h6-7H,1-5H3,(H,12,13). The summed E-state index contributed by atoms with van der Waals surface area (Å²) in [5.41, 5.74) is -1.73. The largest absolute Gasteiger partial charge is 0.481 e. The second-order valence-electron chi connectivity index (χ2n) is 4.81. The van der Waals surface area contributed by atoms with Crippen LogP contribution in [-0.2, 0) is 14.3 Å². The van der Waals surface area contributed by atoms with Gasteiger partial charge in [-0.2, -0.15) is 0 Å². The lowest BCUT2D eigenvalue weighted by molar-refractivity contribution is -0.167. The normalized spacial score (nSPS) is 14.9. The number of hydrogen-bond donors (Lipinski definition) is 1. The molecule has 1 N–H and O–H groups in total. The van der Waals surface area contributed by atoms with Crippen LogP contribution in [0.5, 0.6) is 0 Å². The van der Waals surface area contributed by atoms with Gasteiger partial charge in [0, 0.05) is 0 Å². The van der Waals surface area contributed by atoms with E-state index < -0.39 is 23.1 Å². The molecule has 0 rings (SSSR count). The van der Waals surface area contributed by atoms with Crippen LogP contribution in [0.1, 0.15) is 34.6 Å². The molecule has 0 aliphatic rings. The molecule has 0 aromatic heterocycles. The number of carboxylic acid groups (broad SMARTS) is 1. The van der Waals surface area contributed by atoms with Gasteiger partial charge in [-0.15, -0.1) is 0 Å². The van der Waals surface area contributed by atoms with Crippen LogP contribution >= 0.6 is 0 Å². The van der Waals surface area contributed by atoms with Crippen molar-refractivity contribution in [1.82, 2.24) is 0 Å². The zero-order valence-corrected chi connectivity index (χ0v) is 9.33. The lowest BCUT2D eigenvalue weighted by atomic mass is 9.87.